The molecule has 19 heavy (non-hydrogen) atoms. The standard InChI is InChI=1S/C14H25N3O2/c1-15-13(16-8-12-2-6-18-9-12)17-5-3-14(10-17)4-7-19-11-14/h12H,2-11H2,1H3,(H,15,16). The van der Waals surface area contributed by atoms with Crippen molar-refractivity contribution >= 4 is 5.96 Å². The number of guanidine groups is 1. The lowest BCUT2D eigenvalue weighted by atomic mass is 9.87. The van der Waals surface area contributed by atoms with Gasteiger partial charge in [-0.15, -0.1) is 0 Å². The second-order valence-corrected chi connectivity index (χ2v) is 6.13. The van der Waals surface area contributed by atoms with Crippen molar-refractivity contribution < 1.29 is 9.47 Å². The van der Waals surface area contributed by atoms with Crippen LogP contribution in [0.3, 0.4) is 0 Å². The highest BCUT2D eigenvalue weighted by molar-refractivity contribution is 5.80. The second-order valence-electron chi connectivity index (χ2n) is 6.13. The molecule has 3 heterocycles. The Morgan fingerprint density at radius 3 is 3.00 bits per heavy atom. The first kappa shape index (κ1) is 13.2. The summed E-state index contributed by atoms with van der Waals surface area (Å²) in [5.74, 6) is 1.69. The smallest absolute Gasteiger partial charge is 0.193 e. The fourth-order valence-corrected chi connectivity index (χ4v) is 3.40. The first-order chi connectivity index (χ1) is 9.31. The molecule has 5 nitrogen and oxygen atoms in total. The number of ether oxygens (including phenoxy) is 2. The van der Waals surface area contributed by atoms with Gasteiger partial charge in [0.25, 0.3) is 0 Å². The van der Waals surface area contributed by atoms with Gasteiger partial charge in [0.2, 0.25) is 0 Å². The summed E-state index contributed by atoms with van der Waals surface area (Å²) in [5.41, 5.74) is 0.397. The highest BCUT2D eigenvalue weighted by Gasteiger charge is 2.42. The summed E-state index contributed by atoms with van der Waals surface area (Å²) >= 11 is 0. The van der Waals surface area contributed by atoms with Crippen LogP contribution in [-0.2, 0) is 9.47 Å². The van der Waals surface area contributed by atoms with Crippen LogP contribution in [0.4, 0.5) is 0 Å². The molecule has 0 saturated carbocycles. The first-order valence-electron chi connectivity index (χ1n) is 7.42. The third kappa shape index (κ3) is 2.87. The van der Waals surface area contributed by atoms with E-state index in [0.29, 0.717) is 11.3 Å². The van der Waals surface area contributed by atoms with E-state index in [2.05, 4.69) is 15.2 Å². The largest absolute Gasteiger partial charge is 0.381 e. The van der Waals surface area contributed by atoms with Crippen molar-refractivity contribution in [2.45, 2.75) is 19.3 Å². The number of hydrogen-bond acceptors (Lipinski definition) is 3. The van der Waals surface area contributed by atoms with Crippen molar-refractivity contribution in [2.75, 3.05) is 53.1 Å². The van der Waals surface area contributed by atoms with Crippen molar-refractivity contribution in [3.05, 3.63) is 0 Å². The normalized spacial score (nSPS) is 35.5. The van der Waals surface area contributed by atoms with E-state index in [0.717, 1.165) is 52.0 Å². The average Bonchev–Trinajstić information content (AvgIpc) is 3.15. The minimum Gasteiger partial charge on any atom is -0.381 e. The van der Waals surface area contributed by atoms with Gasteiger partial charge in [-0.05, 0) is 19.3 Å². The maximum Gasteiger partial charge on any atom is 0.193 e. The number of aliphatic imine (C=N–C) groups is 1. The van der Waals surface area contributed by atoms with Crippen LogP contribution in [-0.4, -0.2) is 64.0 Å². The molecule has 0 aromatic heterocycles. The summed E-state index contributed by atoms with van der Waals surface area (Å²) in [6, 6.07) is 0. The molecule has 3 rings (SSSR count). The zero-order valence-electron chi connectivity index (χ0n) is 11.9. The van der Waals surface area contributed by atoms with E-state index in [9.17, 15) is 0 Å². The predicted molar refractivity (Wildman–Crippen MR) is 74.3 cm³/mol. The van der Waals surface area contributed by atoms with E-state index in [1.807, 2.05) is 7.05 Å². The minimum absolute atomic E-state index is 0.397. The van der Waals surface area contributed by atoms with Crippen LogP contribution < -0.4 is 5.32 Å². The molecule has 3 fully saturated rings. The third-order valence-corrected chi connectivity index (χ3v) is 4.71. The maximum absolute atomic E-state index is 5.58. The van der Waals surface area contributed by atoms with Crippen LogP contribution in [0, 0.1) is 11.3 Å². The molecule has 1 spiro atoms. The fourth-order valence-electron chi connectivity index (χ4n) is 3.40. The summed E-state index contributed by atoms with van der Waals surface area (Å²) in [5, 5.41) is 3.51. The molecule has 1 N–H and O–H groups in total. The van der Waals surface area contributed by atoms with Crippen molar-refractivity contribution in [2.24, 2.45) is 16.3 Å². The summed E-state index contributed by atoms with van der Waals surface area (Å²) in [6.45, 7) is 6.83. The van der Waals surface area contributed by atoms with Gasteiger partial charge >= 0.3 is 0 Å². The Labute approximate surface area is 115 Å². The van der Waals surface area contributed by atoms with Gasteiger partial charge in [-0.1, -0.05) is 0 Å². The van der Waals surface area contributed by atoms with Crippen LogP contribution in [0.25, 0.3) is 0 Å². The van der Waals surface area contributed by atoms with Gasteiger partial charge in [0, 0.05) is 51.2 Å². The third-order valence-electron chi connectivity index (χ3n) is 4.71. The highest BCUT2D eigenvalue weighted by atomic mass is 16.5. The number of likely N-dealkylation sites (tertiary alicyclic amines) is 1. The molecular weight excluding hydrogens is 242 g/mol. The average molecular weight is 267 g/mol. The molecule has 0 aliphatic carbocycles. The molecule has 0 amide bonds. The van der Waals surface area contributed by atoms with Gasteiger partial charge in [0.1, 0.15) is 0 Å². The van der Waals surface area contributed by atoms with E-state index in [4.69, 9.17) is 9.47 Å². The predicted octanol–water partition coefficient (Wildman–Crippen LogP) is 0.711. The zero-order chi connectivity index (χ0) is 13.1. The van der Waals surface area contributed by atoms with Gasteiger partial charge < -0.3 is 19.7 Å². The zero-order valence-corrected chi connectivity index (χ0v) is 11.9. The molecular formula is C14H25N3O2. The number of rotatable bonds is 2. The molecule has 108 valence electrons. The molecule has 5 heteroatoms. The lowest BCUT2D eigenvalue weighted by Crippen LogP contribution is -2.43. The fraction of sp³-hybridized carbons (Fsp3) is 0.929. The number of hydrogen-bond donors (Lipinski definition) is 1. The van der Waals surface area contributed by atoms with Crippen molar-refractivity contribution in [3.8, 4) is 0 Å². The van der Waals surface area contributed by atoms with Crippen molar-refractivity contribution in [1.29, 1.82) is 0 Å². The topological polar surface area (TPSA) is 46.1 Å². The molecule has 0 aromatic carbocycles. The Bertz CT molecular complexity index is 334. The number of nitrogens with one attached hydrogen (secondary N) is 1. The summed E-state index contributed by atoms with van der Waals surface area (Å²) < 4.78 is 11.0. The molecule has 0 radical (unpaired) electrons. The van der Waals surface area contributed by atoms with Crippen LogP contribution >= 0.6 is 0 Å². The van der Waals surface area contributed by atoms with E-state index in [1.54, 1.807) is 0 Å². The highest BCUT2D eigenvalue weighted by Crippen LogP contribution is 2.38. The van der Waals surface area contributed by atoms with Crippen molar-refractivity contribution in [1.82, 2.24) is 10.2 Å². The monoisotopic (exact) mass is 267 g/mol. The van der Waals surface area contributed by atoms with Gasteiger partial charge in [0.15, 0.2) is 5.96 Å². The molecule has 2 unspecified atom stereocenters. The Morgan fingerprint density at radius 1 is 1.37 bits per heavy atom. The Balaban J connectivity index is 1.51. The molecule has 0 aromatic rings. The SMILES string of the molecule is CN=C(NCC1CCOC1)N1CCC2(CCOC2)C1. The van der Waals surface area contributed by atoms with Crippen LogP contribution in [0.5, 0.6) is 0 Å². The molecule has 3 aliphatic rings. The quantitative estimate of drug-likeness (QED) is 0.591. The molecule has 3 aliphatic heterocycles. The number of nitrogens with zero attached hydrogens (tertiary/aromatic N) is 2. The van der Waals surface area contributed by atoms with E-state index in [1.165, 1.54) is 19.3 Å². The molecule has 0 bridgehead atoms. The lowest BCUT2D eigenvalue weighted by Gasteiger charge is -2.25. The summed E-state index contributed by atoms with van der Waals surface area (Å²) in [6.07, 6.45) is 3.61. The van der Waals surface area contributed by atoms with Gasteiger partial charge in [-0.2, -0.15) is 0 Å². The second kappa shape index (κ2) is 5.67. The summed E-state index contributed by atoms with van der Waals surface area (Å²) in [7, 11) is 1.88. The minimum atomic E-state index is 0.397. The van der Waals surface area contributed by atoms with E-state index >= 15 is 0 Å². The lowest BCUT2D eigenvalue weighted by molar-refractivity contribution is 0.156. The van der Waals surface area contributed by atoms with Gasteiger partial charge in [0.05, 0.1) is 13.2 Å². The Morgan fingerprint density at radius 2 is 2.32 bits per heavy atom. The van der Waals surface area contributed by atoms with Gasteiger partial charge in [-0.3, -0.25) is 4.99 Å². The Kier molecular flexibility index (Phi) is 3.93. The van der Waals surface area contributed by atoms with Crippen molar-refractivity contribution in [3.63, 3.8) is 0 Å². The molecule has 2 atom stereocenters. The van der Waals surface area contributed by atoms with Crippen LogP contribution in [0.1, 0.15) is 19.3 Å². The first-order valence-corrected chi connectivity index (χ1v) is 7.42. The molecule has 3 saturated heterocycles. The Hall–Kier alpha value is -0.810. The summed E-state index contributed by atoms with van der Waals surface area (Å²) in [4.78, 5) is 6.83. The van der Waals surface area contributed by atoms with E-state index < -0.39 is 0 Å². The van der Waals surface area contributed by atoms with Crippen LogP contribution in [0.2, 0.25) is 0 Å². The maximum atomic E-state index is 5.58. The van der Waals surface area contributed by atoms with Gasteiger partial charge in [-0.25, -0.2) is 0 Å². The van der Waals surface area contributed by atoms with Crippen LogP contribution in [0.15, 0.2) is 4.99 Å². The van der Waals surface area contributed by atoms with E-state index in [-0.39, 0.29) is 0 Å².